The molecular formula is C13H15ClN2O2S2. The molecule has 2 N–H and O–H groups in total. The molecule has 0 radical (unpaired) electrons. The first-order valence-electron chi connectivity index (χ1n) is 5.95. The lowest BCUT2D eigenvalue weighted by molar-refractivity contribution is 0.603. The maximum absolute atomic E-state index is 12.3. The van der Waals surface area contributed by atoms with Crippen molar-refractivity contribution in [2.45, 2.75) is 17.7 Å². The second-order valence-corrected chi connectivity index (χ2v) is 7.88. The van der Waals surface area contributed by atoms with Crippen LogP contribution in [-0.4, -0.2) is 15.5 Å². The number of sulfonamides is 1. The lowest BCUT2D eigenvalue weighted by Crippen LogP contribution is -2.15. The summed E-state index contributed by atoms with van der Waals surface area (Å²) in [6.07, 6.45) is 0. The molecule has 2 rings (SSSR count). The van der Waals surface area contributed by atoms with Crippen LogP contribution in [0.15, 0.2) is 34.5 Å². The molecule has 0 saturated heterocycles. The van der Waals surface area contributed by atoms with Gasteiger partial charge in [0.2, 0.25) is 0 Å². The minimum atomic E-state index is -3.60. The van der Waals surface area contributed by atoms with Crippen LogP contribution in [0, 0.1) is 6.92 Å². The van der Waals surface area contributed by atoms with Crippen molar-refractivity contribution in [3.63, 3.8) is 0 Å². The van der Waals surface area contributed by atoms with Crippen LogP contribution >= 0.6 is 22.9 Å². The number of halogens is 1. The third-order valence-electron chi connectivity index (χ3n) is 2.73. The Labute approximate surface area is 127 Å². The van der Waals surface area contributed by atoms with Crippen LogP contribution in [0.2, 0.25) is 4.34 Å². The molecule has 0 amide bonds. The van der Waals surface area contributed by atoms with Gasteiger partial charge in [0.1, 0.15) is 4.21 Å². The van der Waals surface area contributed by atoms with Gasteiger partial charge in [0.05, 0.1) is 10.0 Å². The largest absolute Gasteiger partial charge is 0.316 e. The van der Waals surface area contributed by atoms with Crippen molar-refractivity contribution in [3.05, 3.63) is 45.8 Å². The van der Waals surface area contributed by atoms with Gasteiger partial charge in [-0.3, -0.25) is 4.72 Å². The molecule has 0 saturated carbocycles. The maximum Gasteiger partial charge on any atom is 0.271 e. The minimum Gasteiger partial charge on any atom is -0.316 e. The molecule has 0 fully saturated rings. The highest BCUT2D eigenvalue weighted by molar-refractivity contribution is 7.94. The van der Waals surface area contributed by atoms with Crippen molar-refractivity contribution < 1.29 is 8.42 Å². The smallest absolute Gasteiger partial charge is 0.271 e. The molecule has 0 unspecified atom stereocenters. The zero-order valence-electron chi connectivity index (χ0n) is 11.1. The van der Waals surface area contributed by atoms with E-state index in [-0.39, 0.29) is 4.21 Å². The molecule has 1 aromatic heterocycles. The molecule has 4 nitrogen and oxygen atoms in total. The SMILES string of the molecule is CNCc1ccccc1NS(=O)(=O)c1cc(C)c(Cl)s1. The molecule has 0 spiro atoms. The minimum absolute atomic E-state index is 0.222. The molecule has 1 heterocycles. The number of para-hydroxylation sites is 1. The average molecular weight is 331 g/mol. The molecule has 0 aliphatic heterocycles. The second kappa shape index (κ2) is 6.13. The van der Waals surface area contributed by atoms with Gasteiger partial charge in [-0.15, -0.1) is 11.3 Å². The van der Waals surface area contributed by atoms with Gasteiger partial charge >= 0.3 is 0 Å². The summed E-state index contributed by atoms with van der Waals surface area (Å²) in [7, 11) is -1.79. The summed E-state index contributed by atoms with van der Waals surface area (Å²) in [4.78, 5) is 0. The van der Waals surface area contributed by atoms with Gasteiger partial charge in [0, 0.05) is 6.54 Å². The summed E-state index contributed by atoms with van der Waals surface area (Å²) in [6.45, 7) is 2.37. The van der Waals surface area contributed by atoms with Crippen LogP contribution in [0.4, 0.5) is 5.69 Å². The van der Waals surface area contributed by atoms with E-state index >= 15 is 0 Å². The Morgan fingerprint density at radius 2 is 2.00 bits per heavy atom. The number of anilines is 1. The standard InChI is InChI=1S/C13H15ClN2O2S2/c1-9-7-12(19-13(9)14)20(17,18)16-11-6-4-3-5-10(11)8-15-2/h3-7,15-16H,8H2,1-2H3. The lowest BCUT2D eigenvalue weighted by Gasteiger charge is -2.11. The number of hydrogen-bond acceptors (Lipinski definition) is 4. The first kappa shape index (κ1) is 15.3. The molecule has 7 heteroatoms. The molecule has 2 aromatic rings. The Bertz CT molecular complexity index is 691. The van der Waals surface area contributed by atoms with Crippen LogP contribution in [-0.2, 0) is 16.6 Å². The molecule has 1 aromatic carbocycles. The van der Waals surface area contributed by atoms with Gasteiger partial charge in [0.15, 0.2) is 0 Å². The fourth-order valence-corrected chi connectivity index (χ4v) is 4.53. The van der Waals surface area contributed by atoms with E-state index in [1.807, 2.05) is 19.2 Å². The van der Waals surface area contributed by atoms with E-state index in [1.165, 1.54) is 0 Å². The van der Waals surface area contributed by atoms with Crippen LogP contribution in [0.5, 0.6) is 0 Å². The van der Waals surface area contributed by atoms with E-state index in [0.29, 0.717) is 16.6 Å². The number of aryl methyl sites for hydroxylation is 1. The molecule has 0 atom stereocenters. The van der Waals surface area contributed by atoms with E-state index in [0.717, 1.165) is 22.5 Å². The maximum atomic E-state index is 12.3. The third-order valence-corrected chi connectivity index (χ3v) is 6.12. The fraction of sp³-hybridized carbons (Fsp3) is 0.231. The summed E-state index contributed by atoms with van der Waals surface area (Å²) >= 11 is 6.99. The van der Waals surface area contributed by atoms with Crippen molar-refractivity contribution >= 4 is 38.6 Å². The first-order valence-corrected chi connectivity index (χ1v) is 8.63. The van der Waals surface area contributed by atoms with Crippen molar-refractivity contribution in [1.29, 1.82) is 0 Å². The summed E-state index contributed by atoms with van der Waals surface area (Å²) in [5.41, 5.74) is 2.22. The normalized spacial score (nSPS) is 11.6. The topological polar surface area (TPSA) is 58.2 Å². The van der Waals surface area contributed by atoms with E-state index in [2.05, 4.69) is 10.0 Å². The Morgan fingerprint density at radius 1 is 1.30 bits per heavy atom. The van der Waals surface area contributed by atoms with Gasteiger partial charge in [-0.2, -0.15) is 0 Å². The predicted molar refractivity (Wildman–Crippen MR) is 84.1 cm³/mol. The van der Waals surface area contributed by atoms with Gasteiger partial charge < -0.3 is 5.32 Å². The molecule has 20 heavy (non-hydrogen) atoms. The average Bonchev–Trinajstić information content (AvgIpc) is 2.73. The van der Waals surface area contributed by atoms with E-state index in [4.69, 9.17) is 11.6 Å². The van der Waals surface area contributed by atoms with Crippen molar-refractivity contribution in [2.75, 3.05) is 11.8 Å². The van der Waals surface area contributed by atoms with Crippen molar-refractivity contribution in [3.8, 4) is 0 Å². The summed E-state index contributed by atoms with van der Waals surface area (Å²) in [5, 5.41) is 3.01. The van der Waals surface area contributed by atoms with Gasteiger partial charge in [-0.25, -0.2) is 8.42 Å². The van der Waals surface area contributed by atoms with E-state index in [1.54, 1.807) is 25.1 Å². The zero-order valence-corrected chi connectivity index (χ0v) is 13.5. The number of benzene rings is 1. The molecule has 0 bridgehead atoms. The number of nitrogens with one attached hydrogen (secondary N) is 2. The molecule has 0 aliphatic carbocycles. The Morgan fingerprint density at radius 3 is 2.60 bits per heavy atom. The van der Waals surface area contributed by atoms with Crippen LogP contribution in [0.25, 0.3) is 0 Å². The quantitative estimate of drug-likeness (QED) is 0.885. The third kappa shape index (κ3) is 3.32. The van der Waals surface area contributed by atoms with Gasteiger partial charge in [-0.05, 0) is 37.2 Å². The summed E-state index contributed by atoms with van der Waals surface area (Å²) in [5.74, 6) is 0. The summed E-state index contributed by atoms with van der Waals surface area (Å²) < 4.78 is 28.0. The first-order chi connectivity index (χ1) is 9.44. The number of thiophene rings is 1. The lowest BCUT2D eigenvalue weighted by atomic mass is 10.2. The van der Waals surface area contributed by atoms with Gasteiger partial charge in [0.25, 0.3) is 10.0 Å². The Balaban J connectivity index is 2.33. The number of hydrogen-bond donors (Lipinski definition) is 2. The van der Waals surface area contributed by atoms with E-state index in [9.17, 15) is 8.42 Å². The molecule has 0 aliphatic rings. The zero-order chi connectivity index (χ0) is 14.8. The van der Waals surface area contributed by atoms with Crippen LogP contribution in [0.3, 0.4) is 0 Å². The highest BCUT2D eigenvalue weighted by Gasteiger charge is 2.19. The highest BCUT2D eigenvalue weighted by atomic mass is 35.5. The number of rotatable bonds is 5. The van der Waals surface area contributed by atoms with Crippen LogP contribution < -0.4 is 10.0 Å². The highest BCUT2D eigenvalue weighted by Crippen LogP contribution is 2.31. The second-order valence-electron chi connectivity index (χ2n) is 4.32. The fourth-order valence-electron chi connectivity index (χ4n) is 1.72. The Kier molecular flexibility index (Phi) is 4.70. The summed E-state index contributed by atoms with van der Waals surface area (Å²) in [6, 6.07) is 8.86. The van der Waals surface area contributed by atoms with Crippen molar-refractivity contribution in [1.82, 2.24) is 5.32 Å². The van der Waals surface area contributed by atoms with Crippen molar-refractivity contribution in [2.24, 2.45) is 0 Å². The van der Waals surface area contributed by atoms with Crippen LogP contribution in [0.1, 0.15) is 11.1 Å². The Hall–Kier alpha value is -1.08. The molecule has 108 valence electrons. The van der Waals surface area contributed by atoms with Gasteiger partial charge in [-0.1, -0.05) is 29.8 Å². The monoisotopic (exact) mass is 330 g/mol. The predicted octanol–water partition coefficient (Wildman–Crippen LogP) is 3.23. The van der Waals surface area contributed by atoms with E-state index < -0.39 is 10.0 Å². The molecular weight excluding hydrogens is 316 g/mol.